The van der Waals surface area contributed by atoms with Gasteiger partial charge in [-0.1, -0.05) is 0 Å². The average Bonchev–Trinajstić information content (AvgIpc) is 1.59. The van der Waals surface area contributed by atoms with Gasteiger partial charge in [-0.25, -0.2) is 9.97 Å². The van der Waals surface area contributed by atoms with Gasteiger partial charge in [0.1, 0.15) is 0 Å². The van der Waals surface area contributed by atoms with Crippen LogP contribution in [0.25, 0.3) is 0 Å². The monoisotopic (exact) mass is 165 g/mol. The summed E-state index contributed by atoms with van der Waals surface area (Å²) in [6.45, 7) is 0. The summed E-state index contributed by atoms with van der Waals surface area (Å²) in [4.78, 5) is 9.68. The Kier molecular flexibility index (Phi) is 4.05. The fourth-order valence-corrected chi connectivity index (χ4v) is 0.388. The molecule has 0 aliphatic heterocycles. The normalized spacial score (nSPS) is 8.40. The summed E-state index contributed by atoms with van der Waals surface area (Å²) >= 11 is 0. The van der Waals surface area contributed by atoms with Crippen LogP contribution in [0.5, 0.6) is 6.01 Å². The summed E-state index contributed by atoms with van der Waals surface area (Å²) in [5, 5.41) is 10.3. The number of nitrogens with zero attached hydrogens (tertiary/aromatic N) is 3. The molecule has 4 N–H and O–H groups in total. The van der Waals surface area contributed by atoms with Crippen LogP contribution in [0.2, 0.25) is 0 Å². The minimum absolute atomic E-state index is 0. The molecular weight excluding hydrogens is 161 g/mol. The van der Waals surface area contributed by atoms with Gasteiger partial charge in [0.15, 0.2) is 0 Å². The third kappa shape index (κ3) is 2.75. The second-order valence-corrected chi connectivity index (χ2v) is 1.33. The summed E-state index contributed by atoms with van der Waals surface area (Å²) in [5.41, 5.74) is 10.0. The van der Waals surface area contributed by atoms with Crippen LogP contribution in [0.3, 0.4) is 0 Å². The van der Waals surface area contributed by atoms with Gasteiger partial charge in [-0.3, -0.25) is 0 Å². The van der Waals surface area contributed by atoms with Crippen molar-refractivity contribution < 1.29 is 56.5 Å². The molecule has 0 amide bonds. The Morgan fingerprint density at radius 1 is 1.00 bits per heavy atom. The molecule has 0 radical (unpaired) electrons. The van der Waals surface area contributed by atoms with Gasteiger partial charge in [-0.05, 0) is 0 Å². The number of rotatable bonds is 0. The topological polar surface area (TPSA) is 114 Å². The average molecular weight is 165 g/mol. The van der Waals surface area contributed by atoms with Gasteiger partial charge in [-0.15, -0.1) is 0 Å². The molecule has 1 heterocycles. The van der Waals surface area contributed by atoms with Gasteiger partial charge in [0.2, 0.25) is 11.9 Å². The van der Waals surface area contributed by atoms with E-state index in [9.17, 15) is 5.11 Å². The number of hydrogen-bond donors (Lipinski definition) is 2. The van der Waals surface area contributed by atoms with E-state index in [2.05, 4.69) is 15.0 Å². The first-order valence-electron chi connectivity index (χ1n) is 2.12. The largest absolute Gasteiger partial charge is 1.00 e. The fraction of sp³-hybridized carbons (Fsp3) is 0. The minimum atomic E-state index is -0.708. The Labute approximate surface area is 99.5 Å². The molecule has 0 fully saturated rings. The van der Waals surface area contributed by atoms with Gasteiger partial charge in [0, 0.05) is 0 Å². The van der Waals surface area contributed by atoms with Gasteiger partial charge in [-0.2, -0.15) is 4.98 Å². The molecule has 0 saturated carbocycles. The maximum Gasteiger partial charge on any atom is 1.00 e. The summed E-state index contributed by atoms with van der Waals surface area (Å²) in [6.07, 6.45) is 0. The van der Waals surface area contributed by atoms with Crippen LogP contribution in [-0.2, 0) is 0 Å². The van der Waals surface area contributed by atoms with E-state index in [0.29, 0.717) is 0 Å². The van der Waals surface area contributed by atoms with Gasteiger partial charge >= 0.3 is 51.4 Å². The summed E-state index contributed by atoms with van der Waals surface area (Å²) in [5.74, 6) is -0.292. The Balaban J connectivity index is 0.000000810. The Bertz CT molecular complexity index is 178. The van der Waals surface area contributed by atoms with Crippen LogP contribution >= 0.6 is 0 Å². The van der Waals surface area contributed by atoms with Gasteiger partial charge < -0.3 is 16.6 Å². The minimum Gasteiger partial charge on any atom is -0.844 e. The standard InChI is InChI=1S/C3H5N5O.K/c4-1-6-2(5)8-3(9)7-1;/h(H5,4,5,6,7,8,9);/q;+1/p-1. The third-order valence-corrected chi connectivity index (χ3v) is 0.649. The molecule has 0 aliphatic rings. The number of hydrogen-bond acceptors (Lipinski definition) is 6. The zero-order chi connectivity index (χ0) is 6.85. The summed E-state index contributed by atoms with van der Waals surface area (Å²) in [6, 6.07) is -0.708. The van der Waals surface area contributed by atoms with E-state index in [4.69, 9.17) is 11.5 Å². The van der Waals surface area contributed by atoms with Crippen molar-refractivity contribution >= 4 is 11.9 Å². The van der Waals surface area contributed by atoms with Crippen molar-refractivity contribution in [2.75, 3.05) is 11.5 Å². The maximum atomic E-state index is 10.3. The summed E-state index contributed by atoms with van der Waals surface area (Å²) in [7, 11) is 0. The Hall–Kier alpha value is 0.0464. The number of nitrogens with two attached hydrogens (primary N) is 2. The quantitative estimate of drug-likeness (QED) is 0.372. The fourth-order valence-electron chi connectivity index (χ4n) is 0.388. The predicted molar refractivity (Wildman–Crippen MR) is 28.1 cm³/mol. The van der Waals surface area contributed by atoms with Crippen LogP contribution in [-0.4, -0.2) is 15.0 Å². The Morgan fingerprint density at radius 2 is 1.40 bits per heavy atom. The predicted octanol–water partition coefficient (Wildman–Crippen LogP) is -4.89. The SMILES string of the molecule is Nc1nc(N)nc([O-])n1.[K+]. The van der Waals surface area contributed by atoms with Crippen LogP contribution in [0.1, 0.15) is 0 Å². The van der Waals surface area contributed by atoms with Crippen LogP contribution in [0.15, 0.2) is 0 Å². The van der Waals surface area contributed by atoms with E-state index in [1.54, 1.807) is 0 Å². The van der Waals surface area contributed by atoms with Crippen molar-refractivity contribution in [1.82, 2.24) is 15.0 Å². The first-order chi connectivity index (χ1) is 4.18. The zero-order valence-corrected chi connectivity index (χ0v) is 8.53. The van der Waals surface area contributed by atoms with E-state index < -0.39 is 6.01 Å². The second-order valence-electron chi connectivity index (χ2n) is 1.33. The van der Waals surface area contributed by atoms with Crippen LogP contribution < -0.4 is 68.0 Å². The molecule has 0 spiro atoms. The maximum absolute atomic E-state index is 10.3. The number of aromatic nitrogens is 3. The molecule has 0 aliphatic carbocycles. The van der Waals surface area contributed by atoms with Crippen LogP contribution in [0, 0.1) is 0 Å². The molecule has 1 rings (SSSR count). The molecule has 0 atom stereocenters. The number of anilines is 2. The van der Waals surface area contributed by atoms with Crippen LogP contribution in [0.4, 0.5) is 11.9 Å². The molecule has 0 unspecified atom stereocenters. The van der Waals surface area contributed by atoms with Crippen molar-refractivity contribution in [3.8, 4) is 6.01 Å². The van der Waals surface area contributed by atoms with E-state index in [-0.39, 0.29) is 63.3 Å². The molecule has 1 aromatic rings. The van der Waals surface area contributed by atoms with E-state index in [0.717, 1.165) is 0 Å². The molecule has 7 heteroatoms. The second kappa shape index (κ2) is 4.04. The van der Waals surface area contributed by atoms with E-state index >= 15 is 0 Å². The first-order valence-corrected chi connectivity index (χ1v) is 2.12. The molecule has 6 nitrogen and oxygen atoms in total. The summed E-state index contributed by atoms with van der Waals surface area (Å²) < 4.78 is 0. The van der Waals surface area contributed by atoms with E-state index in [1.165, 1.54) is 0 Å². The third-order valence-electron chi connectivity index (χ3n) is 0.649. The molecule has 0 bridgehead atoms. The molecule has 48 valence electrons. The van der Waals surface area contributed by atoms with Crippen molar-refractivity contribution in [3.63, 3.8) is 0 Å². The molecule has 0 saturated heterocycles. The Morgan fingerprint density at radius 3 is 1.70 bits per heavy atom. The van der Waals surface area contributed by atoms with Crippen molar-refractivity contribution in [2.45, 2.75) is 0 Å². The van der Waals surface area contributed by atoms with Crippen molar-refractivity contribution in [3.05, 3.63) is 0 Å². The van der Waals surface area contributed by atoms with Gasteiger partial charge in [0.05, 0.1) is 6.01 Å². The van der Waals surface area contributed by atoms with Crippen molar-refractivity contribution in [1.29, 1.82) is 0 Å². The zero-order valence-electron chi connectivity index (χ0n) is 5.40. The molecular formula is C3H4KN5O. The number of nitrogen functional groups attached to an aromatic ring is 2. The smallest absolute Gasteiger partial charge is 0.844 e. The van der Waals surface area contributed by atoms with Gasteiger partial charge in [0.25, 0.3) is 0 Å². The first kappa shape index (κ1) is 10.0. The molecule has 0 aromatic carbocycles. The molecule has 1 aromatic heterocycles. The van der Waals surface area contributed by atoms with Crippen molar-refractivity contribution in [2.24, 2.45) is 0 Å². The molecule has 10 heavy (non-hydrogen) atoms. The van der Waals surface area contributed by atoms with E-state index in [1.807, 2.05) is 0 Å².